The van der Waals surface area contributed by atoms with Crippen LogP contribution < -0.4 is 0 Å². The predicted molar refractivity (Wildman–Crippen MR) is 89.6 cm³/mol. The zero-order valence-electron chi connectivity index (χ0n) is 13.5. The SMILES string of the molecule is C#C[Si](C(C)C)(C(C)C)[Si](C#C)(C(C)C)C(C)C. The van der Waals surface area contributed by atoms with Crippen molar-refractivity contribution >= 4 is 15.2 Å². The molecule has 0 aromatic heterocycles. The quantitative estimate of drug-likeness (QED) is 0.493. The van der Waals surface area contributed by atoms with Gasteiger partial charge in [-0.2, -0.15) is 0 Å². The first-order valence-corrected chi connectivity index (χ1v) is 12.4. The molecule has 18 heavy (non-hydrogen) atoms. The Bertz CT molecular complexity index is 298. The zero-order valence-corrected chi connectivity index (χ0v) is 15.5. The van der Waals surface area contributed by atoms with Crippen molar-refractivity contribution in [2.45, 2.75) is 77.6 Å². The van der Waals surface area contributed by atoms with Gasteiger partial charge in [-0.25, -0.2) is 0 Å². The first-order chi connectivity index (χ1) is 8.14. The molecular formula is C16H30Si2. The molecular weight excluding hydrogens is 248 g/mol. The van der Waals surface area contributed by atoms with Crippen molar-refractivity contribution in [2.24, 2.45) is 0 Å². The normalized spacial score (nSPS) is 13.2. The van der Waals surface area contributed by atoms with Gasteiger partial charge in [0, 0.05) is 0 Å². The molecule has 0 aromatic carbocycles. The van der Waals surface area contributed by atoms with Gasteiger partial charge in [0.15, 0.2) is 0 Å². The van der Waals surface area contributed by atoms with E-state index in [2.05, 4.69) is 66.5 Å². The number of rotatable bonds is 5. The Hall–Kier alpha value is -0.446. The summed E-state index contributed by atoms with van der Waals surface area (Å²) in [5, 5.41) is 0. The van der Waals surface area contributed by atoms with E-state index in [4.69, 9.17) is 12.8 Å². The number of hydrogen-bond donors (Lipinski definition) is 0. The maximum Gasteiger partial charge on any atom is 0.149 e. The van der Waals surface area contributed by atoms with Crippen LogP contribution in [0.1, 0.15) is 55.4 Å². The fraction of sp³-hybridized carbons (Fsp3) is 0.750. The lowest BCUT2D eigenvalue weighted by molar-refractivity contribution is 0.888. The molecule has 0 aliphatic carbocycles. The molecule has 0 aliphatic rings. The van der Waals surface area contributed by atoms with Crippen LogP contribution in [-0.4, -0.2) is 15.2 Å². The Kier molecular flexibility index (Phi) is 5.98. The van der Waals surface area contributed by atoms with Crippen molar-refractivity contribution in [1.29, 1.82) is 0 Å². The summed E-state index contributed by atoms with van der Waals surface area (Å²) in [5.41, 5.74) is 8.91. The molecule has 0 amide bonds. The highest BCUT2D eigenvalue weighted by Gasteiger charge is 2.60. The molecule has 102 valence electrons. The van der Waals surface area contributed by atoms with Crippen LogP contribution in [0.5, 0.6) is 0 Å². The van der Waals surface area contributed by atoms with Gasteiger partial charge >= 0.3 is 0 Å². The van der Waals surface area contributed by atoms with Crippen LogP contribution in [0.2, 0.25) is 22.2 Å². The molecule has 0 saturated carbocycles. The van der Waals surface area contributed by atoms with Gasteiger partial charge in [-0.05, 0) is 22.2 Å². The third kappa shape index (κ3) is 2.22. The Labute approximate surface area is 117 Å². The molecule has 0 atom stereocenters. The molecule has 0 aromatic rings. The molecule has 0 saturated heterocycles. The van der Waals surface area contributed by atoms with Gasteiger partial charge in [-0.15, -0.1) is 23.9 Å². The molecule has 0 N–H and O–H groups in total. The van der Waals surface area contributed by atoms with Crippen LogP contribution in [0, 0.1) is 23.9 Å². The number of terminal acetylenes is 2. The highest BCUT2D eigenvalue weighted by atomic mass is 29.3. The van der Waals surface area contributed by atoms with E-state index < -0.39 is 15.2 Å². The van der Waals surface area contributed by atoms with Gasteiger partial charge < -0.3 is 0 Å². The van der Waals surface area contributed by atoms with E-state index in [-0.39, 0.29) is 0 Å². The molecule has 0 rings (SSSR count). The largest absolute Gasteiger partial charge is 0.149 e. The van der Waals surface area contributed by atoms with Crippen LogP contribution in [0.4, 0.5) is 0 Å². The maximum absolute atomic E-state index is 6.10. The van der Waals surface area contributed by atoms with Gasteiger partial charge in [0.1, 0.15) is 15.2 Å². The summed E-state index contributed by atoms with van der Waals surface area (Å²) in [4.78, 5) is 0. The molecule has 0 bridgehead atoms. The molecule has 0 radical (unpaired) electrons. The lowest BCUT2D eigenvalue weighted by Gasteiger charge is -2.51. The van der Waals surface area contributed by atoms with E-state index in [1.165, 1.54) is 0 Å². The second-order valence-electron chi connectivity index (χ2n) is 6.65. The van der Waals surface area contributed by atoms with Crippen LogP contribution in [-0.2, 0) is 0 Å². The van der Waals surface area contributed by atoms with Gasteiger partial charge in [0.2, 0.25) is 0 Å². The summed E-state index contributed by atoms with van der Waals surface area (Å²) in [7, 11) is -3.80. The van der Waals surface area contributed by atoms with Crippen LogP contribution in [0.15, 0.2) is 0 Å². The minimum Gasteiger partial charge on any atom is -0.136 e. The monoisotopic (exact) mass is 278 g/mol. The third-order valence-corrected chi connectivity index (χ3v) is 26.3. The average Bonchev–Trinajstić information content (AvgIpc) is 2.23. The Morgan fingerprint density at radius 1 is 0.556 bits per heavy atom. The molecule has 0 unspecified atom stereocenters. The van der Waals surface area contributed by atoms with Gasteiger partial charge in [-0.1, -0.05) is 55.4 Å². The standard InChI is InChI=1S/C16H30Si2/c1-11-17(13(3)4,14(5)6)18(12-2,15(7)8)16(9)10/h1-2,13-16H,3-10H3. The maximum atomic E-state index is 6.10. The highest BCUT2D eigenvalue weighted by molar-refractivity contribution is 7.50. The second-order valence-corrected chi connectivity index (χ2v) is 20.3. The predicted octanol–water partition coefficient (Wildman–Crippen LogP) is 4.95. The molecule has 0 aliphatic heterocycles. The van der Waals surface area contributed by atoms with E-state index in [9.17, 15) is 0 Å². The van der Waals surface area contributed by atoms with E-state index in [1.54, 1.807) is 0 Å². The van der Waals surface area contributed by atoms with Crippen LogP contribution in [0.3, 0.4) is 0 Å². The van der Waals surface area contributed by atoms with Gasteiger partial charge in [0.05, 0.1) is 0 Å². The molecule has 0 spiro atoms. The van der Waals surface area contributed by atoms with Crippen LogP contribution >= 0.6 is 0 Å². The summed E-state index contributed by atoms with van der Waals surface area (Å²) in [6, 6.07) is 0. The summed E-state index contributed by atoms with van der Waals surface area (Å²) in [6.07, 6.45) is 12.2. The van der Waals surface area contributed by atoms with Crippen molar-refractivity contribution in [3.8, 4) is 23.9 Å². The lowest BCUT2D eigenvalue weighted by atomic mass is 10.5. The fourth-order valence-electron chi connectivity index (χ4n) is 4.15. The number of hydrogen-bond acceptors (Lipinski definition) is 0. The smallest absolute Gasteiger partial charge is 0.136 e. The first-order valence-electron chi connectivity index (χ1n) is 7.10. The van der Waals surface area contributed by atoms with Gasteiger partial charge in [-0.3, -0.25) is 0 Å². The summed E-state index contributed by atoms with van der Waals surface area (Å²) in [5.74, 6) is 0. The fourth-order valence-corrected chi connectivity index (χ4v) is 25.3. The van der Waals surface area contributed by atoms with Crippen molar-refractivity contribution in [3.63, 3.8) is 0 Å². The van der Waals surface area contributed by atoms with E-state index in [1.807, 2.05) is 0 Å². The van der Waals surface area contributed by atoms with E-state index in [0.29, 0.717) is 22.2 Å². The third-order valence-electron chi connectivity index (χ3n) is 4.80. The van der Waals surface area contributed by atoms with Crippen molar-refractivity contribution in [3.05, 3.63) is 0 Å². The minimum atomic E-state index is -1.90. The molecule has 2 heteroatoms. The van der Waals surface area contributed by atoms with Crippen molar-refractivity contribution < 1.29 is 0 Å². The zero-order chi connectivity index (χ0) is 14.7. The molecule has 0 fully saturated rings. The highest BCUT2D eigenvalue weighted by Crippen LogP contribution is 2.48. The first kappa shape index (κ1) is 17.6. The Balaban J connectivity index is 6.33. The van der Waals surface area contributed by atoms with Crippen LogP contribution in [0.25, 0.3) is 0 Å². The van der Waals surface area contributed by atoms with Crippen molar-refractivity contribution in [2.75, 3.05) is 0 Å². The molecule has 0 heterocycles. The van der Waals surface area contributed by atoms with Gasteiger partial charge in [0.25, 0.3) is 0 Å². The summed E-state index contributed by atoms with van der Waals surface area (Å²) in [6.45, 7) is 18.4. The summed E-state index contributed by atoms with van der Waals surface area (Å²) < 4.78 is 0. The summed E-state index contributed by atoms with van der Waals surface area (Å²) >= 11 is 0. The topological polar surface area (TPSA) is 0 Å². The lowest BCUT2D eigenvalue weighted by Crippen LogP contribution is -2.68. The van der Waals surface area contributed by atoms with E-state index >= 15 is 0 Å². The van der Waals surface area contributed by atoms with E-state index in [0.717, 1.165) is 0 Å². The molecule has 0 nitrogen and oxygen atoms in total. The Morgan fingerprint density at radius 3 is 0.778 bits per heavy atom. The Morgan fingerprint density at radius 2 is 0.722 bits per heavy atom. The second kappa shape index (κ2) is 6.13. The minimum absolute atomic E-state index is 0.565. The average molecular weight is 279 g/mol. The van der Waals surface area contributed by atoms with Crippen molar-refractivity contribution in [1.82, 2.24) is 0 Å².